The Balaban J connectivity index is 1.74. The molecule has 0 aliphatic carbocycles. The molecule has 0 radical (unpaired) electrons. The third-order valence-electron chi connectivity index (χ3n) is 3.97. The Kier molecular flexibility index (Phi) is 6.57. The maximum atomic E-state index is 11.7. The van der Waals surface area contributed by atoms with Crippen LogP contribution in [0.25, 0.3) is 0 Å². The molecule has 1 aliphatic rings. The molecule has 24 heavy (non-hydrogen) atoms. The van der Waals surface area contributed by atoms with Crippen LogP contribution >= 0.6 is 0 Å². The molecule has 2 atom stereocenters. The summed E-state index contributed by atoms with van der Waals surface area (Å²) in [6.07, 6.45) is 0.994. The van der Waals surface area contributed by atoms with Crippen molar-refractivity contribution >= 4 is 17.5 Å². The lowest BCUT2D eigenvalue weighted by atomic mass is 10.1. The van der Waals surface area contributed by atoms with E-state index in [9.17, 15) is 14.7 Å². The van der Waals surface area contributed by atoms with E-state index in [1.807, 2.05) is 31.1 Å². The molecule has 3 N–H and O–H groups in total. The van der Waals surface area contributed by atoms with Gasteiger partial charge in [0.1, 0.15) is 0 Å². The van der Waals surface area contributed by atoms with Crippen LogP contribution in [0.3, 0.4) is 0 Å². The summed E-state index contributed by atoms with van der Waals surface area (Å²) in [6.45, 7) is 1.01. The summed E-state index contributed by atoms with van der Waals surface area (Å²) >= 11 is 0. The first kappa shape index (κ1) is 18.2. The van der Waals surface area contributed by atoms with Gasteiger partial charge in [0.15, 0.2) is 0 Å². The summed E-state index contributed by atoms with van der Waals surface area (Å²) in [7, 11) is 3.86. The highest BCUT2D eigenvalue weighted by atomic mass is 16.5. The van der Waals surface area contributed by atoms with Gasteiger partial charge in [-0.15, -0.1) is 0 Å². The smallest absolute Gasteiger partial charge is 0.309 e. The number of anilines is 1. The van der Waals surface area contributed by atoms with E-state index in [1.165, 1.54) is 0 Å². The number of hydrogen-bond donors (Lipinski definition) is 3. The van der Waals surface area contributed by atoms with E-state index in [4.69, 9.17) is 4.74 Å². The summed E-state index contributed by atoms with van der Waals surface area (Å²) in [4.78, 5) is 25.4. The van der Waals surface area contributed by atoms with Crippen LogP contribution in [0.2, 0.25) is 0 Å². The van der Waals surface area contributed by atoms with Gasteiger partial charge in [-0.1, -0.05) is 12.1 Å². The van der Waals surface area contributed by atoms with Crippen molar-refractivity contribution in [3.8, 4) is 0 Å². The van der Waals surface area contributed by atoms with Crippen LogP contribution in [0, 0.1) is 0 Å². The highest BCUT2D eigenvalue weighted by Gasteiger charge is 2.20. The molecule has 1 fully saturated rings. The van der Waals surface area contributed by atoms with Crippen molar-refractivity contribution < 1.29 is 19.4 Å². The Morgan fingerprint density at radius 1 is 1.25 bits per heavy atom. The minimum atomic E-state index is -0.865. The van der Waals surface area contributed by atoms with E-state index in [1.54, 1.807) is 12.1 Å². The molecule has 0 bridgehead atoms. The van der Waals surface area contributed by atoms with Crippen molar-refractivity contribution in [2.45, 2.75) is 25.0 Å². The van der Waals surface area contributed by atoms with E-state index >= 15 is 0 Å². The minimum Gasteiger partial charge on any atom is -0.387 e. The number of nitrogens with one attached hydrogen (secondary N) is 2. The van der Waals surface area contributed by atoms with E-state index in [2.05, 4.69) is 10.6 Å². The molecule has 1 aromatic carbocycles. The fourth-order valence-electron chi connectivity index (χ4n) is 2.47. The summed E-state index contributed by atoms with van der Waals surface area (Å²) in [5, 5.41) is 15.1. The first-order chi connectivity index (χ1) is 11.5. The first-order valence-corrected chi connectivity index (χ1v) is 8.10. The average molecular weight is 335 g/mol. The maximum absolute atomic E-state index is 11.7. The molecule has 1 aromatic rings. The average Bonchev–Trinajstić information content (AvgIpc) is 3.10. The Hall–Kier alpha value is -2.12. The number of aliphatic hydroxyl groups is 1. The number of carbonyl (C=O) groups excluding carboxylic acids is 2. The van der Waals surface area contributed by atoms with Gasteiger partial charge in [0.2, 0.25) is 0 Å². The van der Waals surface area contributed by atoms with Crippen molar-refractivity contribution in [3.63, 3.8) is 0 Å². The van der Waals surface area contributed by atoms with Crippen LogP contribution < -0.4 is 15.5 Å². The van der Waals surface area contributed by atoms with Gasteiger partial charge in [-0.05, 0) is 30.5 Å². The molecular weight excluding hydrogens is 310 g/mol. The Morgan fingerprint density at radius 2 is 1.92 bits per heavy atom. The molecule has 2 rings (SSSR count). The van der Waals surface area contributed by atoms with Crippen LogP contribution in [0.5, 0.6) is 0 Å². The summed E-state index contributed by atoms with van der Waals surface area (Å²) < 4.78 is 5.38. The van der Waals surface area contributed by atoms with Crippen LogP contribution in [0.15, 0.2) is 24.3 Å². The number of hydrogen-bond acceptors (Lipinski definition) is 5. The summed E-state index contributed by atoms with van der Waals surface area (Å²) in [5.74, 6) is -1.46. The lowest BCUT2D eigenvalue weighted by Crippen LogP contribution is -2.43. The van der Waals surface area contributed by atoms with Crippen LogP contribution in [0.1, 0.15) is 24.5 Å². The third-order valence-corrected chi connectivity index (χ3v) is 3.97. The molecule has 2 unspecified atom stereocenters. The Bertz CT molecular complexity index is 553. The minimum absolute atomic E-state index is 0.0115. The predicted molar refractivity (Wildman–Crippen MR) is 90.7 cm³/mol. The number of carbonyl (C=O) groups is 2. The lowest BCUT2D eigenvalue weighted by Gasteiger charge is -2.16. The second kappa shape index (κ2) is 8.65. The Labute approximate surface area is 142 Å². The largest absolute Gasteiger partial charge is 0.387 e. The van der Waals surface area contributed by atoms with Gasteiger partial charge < -0.3 is 25.4 Å². The van der Waals surface area contributed by atoms with Gasteiger partial charge in [0, 0.05) is 39.5 Å². The number of aliphatic hydroxyl groups excluding tert-OH is 1. The molecule has 0 aromatic heterocycles. The molecular formula is C17H25N3O4. The standard InChI is InChI=1S/C17H25N3O4/c1-20(2)13-7-5-12(6-8-13)15(21)11-19-17(23)16(22)18-10-14-4-3-9-24-14/h5-8,14-15,21H,3-4,9-11H2,1-2H3,(H,18,22)(H,19,23). The van der Waals surface area contributed by atoms with Gasteiger partial charge in [-0.25, -0.2) is 0 Å². The fourth-order valence-corrected chi connectivity index (χ4v) is 2.47. The molecule has 1 aliphatic heterocycles. The number of ether oxygens (including phenoxy) is 1. The van der Waals surface area contributed by atoms with Crippen LogP contribution in [-0.2, 0) is 14.3 Å². The Morgan fingerprint density at radius 3 is 2.50 bits per heavy atom. The predicted octanol–water partition coefficient (Wildman–Crippen LogP) is 0.197. The molecule has 132 valence electrons. The van der Waals surface area contributed by atoms with E-state index < -0.39 is 17.9 Å². The number of benzene rings is 1. The normalized spacial score (nSPS) is 18.0. The molecule has 0 saturated carbocycles. The van der Waals surface area contributed by atoms with Gasteiger partial charge in [-0.3, -0.25) is 9.59 Å². The molecule has 1 heterocycles. The second-order valence-electron chi connectivity index (χ2n) is 6.06. The molecule has 2 amide bonds. The summed E-state index contributed by atoms with van der Waals surface area (Å²) in [5.41, 5.74) is 1.70. The van der Waals surface area contributed by atoms with Gasteiger partial charge >= 0.3 is 11.8 Å². The third kappa shape index (κ3) is 5.21. The van der Waals surface area contributed by atoms with Gasteiger partial charge in [0.05, 0.1) is 12.2 Å². The lowest BCUT2D eigenvalue weighted by molar-refractivity contribution is -0.139. The van der Waals surface area contributed by atoms with Gasteiger partial charge in [-0.2, -0.15) is 0 Å². The van der Waals surface area contributed by atoms with Crippen molar-refractivity contribution in [2.24, 2.45) is 0 Å². The van der Waals surface area contributed by atoms with Gasteiger partial charge in [0.25, 0.3) is 0 Å². The van der Waals surface area contributed by atoms with Crippen molar-refractivity contribution in [2.75, 3.05) is 38.7 Å². The van der Waals surface area contributed by atoms with Crippen molar-refractivity contribution in [3.05, 3.63) is 29.8 Å². The molecule has 7 nitrogen and oxygen atoms in total. The zero-order chi connectivity index (χ0) is 17.5. The SMILES string of the molecule is CN(C)c1ccc(C(O)CNC(=O)C(=O)NCC2CCCO2)cc1. The molecule has 1 saturated heterocycles. The maximum Gasteiger partial charge on any atom is 0.309 e. The molecule has 0 spiro atoms. The van der Waals surface area contributed by atoms with Crippen molar-refractivity contribution in [1.29, 1.82) is 0 Å². The number of rotatable bonds is 6. The van der Waals surface area contributed by atoms with E-state index in [-0.39, 0.29) is 12.6 Å². The number of nitrogens with zero attached hydrogens (tertiary/aromatic N) is 1. The van der Waals surface area contributed by atoms with Crippen molar-refractivity contribution in [1.82, 2.24) is 10.6 Å². The summed E-state index contributed by atoms with van der Waals surface area (Å²) in [6, 6.07) is 7.36. The second-order valence-corrected chi connectivity index (χ2v) is 6.06. The van der Waals surface area contributed by atoms with Crippen LogP contribution in [-0.4, -0.2) is 56.8 Å². The first-order valence-electron chi connectivity index (χ1n) is 8.10. The van der Waals surface area contributed by atoms with E-state index in [0.717, 1.165) is 18.5 Å². The zero-order valence-electron chi connectivity index (χ0n) is 14.1. The monoisotopic (exact) mass is 335 g/mol. The van der Waals surface area contributed by atoms with Crippen LogP contribution in [0.4, 0.5) is 5.69 Å². The quantitative estimate of drug-likeness (QED) is 0.646. The number of amides is 2. The highest BCUT2D eigenvalue weighted by molar-refractivity contribution is 6.35. The topological polar surface area (TPSA) is 90.9 Å². The highest BCUT2D eigenvalue weighted by Crippen LogP contribution is 2.17. The molecule has 7 heteroatoms. The van der Waals surface area contributed by atoms with E-state index in [0.29, 0.717) is 18.7 Å². The zero-order valence-corrected chi connectivity index (χ0v) is 14.1. The fraction of sp³-hybridized carbons (Fsp3) is 0.529.